The molecular formula is C20H18O4S. The van der Waals surface area contributed by atoms with Crippen molar-refractivity contribution in [3.63, 3.8) is 0 Å². The zero-order chi connectivity index (χ0) is 18.0. The summed E-state index contributed by atoms with van der Waals surface area (Å²) in [6.45, 7) is 0. The van der Waals surface area contributed by atoms with Gasteiger partial charge in [0.1, 0.15) is 6.10 Å². The molecule has 2 N–H and O–H groups in total. The summed E-state index contributed by atoms with van der Waals surface area (Å²) in [6, 6.07) is 18.1. The zero-order valence-corrected chi connectivity index (χ0v) is 14.5. The second-order valence-electron chi connectivity index (χ2n) is 5.90. The monoisotopic (exact) mass is 354 g/mol. The number of carbonyl (C=O) groups is 1. The van der Waals surface area contributed by atoms with Crippen LogP contribution in [0, 0.1) is 0 Å². The van der Waals surface area contributed by atoms with Gasteiger partial charge in [-0.15, -0.1) is 0 Å². The van der Waals surface area contributed by atoms with Gasteiger partial charge in [0.15, 0.2) is 0 Å². The van der Waals surface area contributed by atoms with Crippen LogP contribution in [0.4, 0.5) is 0 Å². The Morgan fingerprint density at radius 1 is 1.08 bits per heavy atom. The number of rotatable bonds is 5. The van der Waals surface area contributed by atoms with E-state index in [1.54, 1.807) is 36.6 Å². The highest BCUT2D eigenvalue weighted by Gasteiger charge is 2.16. The Hall–Kier alpha value is -2.50. The van der Waals surface area contributed by atoms with Crippen molar-refractivity contribution >= 4 is 27.5 Å². The number of benzene rings is 3. The fourth-order valence-electron chi connectivity index (χ4n) is 2.93. The van der Waals surface area contributed by atoms with Gasteiger partial charge < -0.3 is 10.2 Å². The molecule has 0 saturated carbocycles. The van der Waals surface area contributed by atoms with Gasteiger partial charge in [0.05, 0.1) is 6.42 Å². The summed E-state index contributed by atoms with van der Waals surface area (Å²) in [5.41, 5.74) is 1.98. The van der Waals surface area contributed by atoms with Crippen molar-refractivity contribution in [2.24, 2.45) is 0 Å². The summed E-state index contributed by atoms with van der Waals surface area (Å²) in [5, 5.41) is 21.7. The molecule has 3 aromatic carbocycles. The van der Waals surface area contributed by atoms with E-state index in [9.17, 15) is 14.1 Å². The number of carboxylic acid groups (broad SMARTS) is 1. The van der Waals surface area contributed by atoms with Crippen LogP contribution in [0.15, 0.2) is 65.6 Å². The first kappa shape index (κ1) is 17.3. The lowest BCUT2D eigenvalue weighted by Gasteiger charge is -2.16. The minimum absolute atomic E-state index is 0.0989. The second-order valence-corrected chi connectivity index (χ2v) is 7.28. The lowest BCUT2D eigenvalue weighted by Crippen LogP contribution is -2.05. The van der Waals surface area contributed by atoms with E-state index in [0.29, 0.717) is 21.6 Å². The van der Waals surface area contributed by atoms with E-state index in [1.165, 1.54) is 0 Å². The molecule has 0 fully saturated rings. The predicted octanol–water partition coefficient (Wildman–Crippen LogP) is 3.29. The van der Waals surface area contributed by atoms with Gasteiger partial charge in [0.2, 0.25) is 0 Å². The Morgan fingerprint density at radius 3 is 2.40 bits per heavy atom. The van der Waals surface area contributed by atoms with E-state index in [4.69, 9.17) is 5.11 Å². The SMILES string of the molecule is CS(=O)c1ccc(C(O)c2cc(CC(=O)O)cc3ccccc23)cc1. The van der Waals surface area contributed by atoms with Crippen LogP contribution in [0.2, 0.25) is 0 Å². The third-order valence-electron chi connectivity index (χ3n) is 4.13. The fourth-order valence-corrected chi connectivity index (χ4v) is 3.45. The third-order valence-corrected chi connectivity index (χ3v) is 5.07. The molecule has 0 spiro atoms. The Balaban J connectivity index is 2.08. The van der Waals surface area contributed by atoms with Crippen molar-refractivity contribution in [2.75, 3.05) is 6.26 Å². The summed E-state index contributed by atoms with van der Waals surface area (Å²) < 4.78 is 11.5. The minimum atomic E-state index is -1.07. The van der Waals surface area contributed by atoms with E-state index in [2.05, 4.69) is 0 Å². The Morgan fingerprint density at radius 2 is 1.76 bits per heavy atom. The molecule has 0 aromatic heterocycles. The highest BCUT2D eigenvalue weighted by Crippen LogP contribution is 2.31. The molecule has 25 heavy (non-hydrogen) atoms. The molecule has 2 unspecified atom stereocenters. The first-order valence-electron chi connectivity index (χ1n) is 7.80. The predicted molar refractivity (Wildman–Crippen MR) is 98.1 cm³/mol. The minimum Gasteiger partial charge on any atom is -0.481 e. The van der Waals surface area contributed by atoms with Crippen LogP contribution >= 0.6 is 0 Å². The highest BCUT2D eigenvalue weighted by molar-refractivity contribution is 7.84. The second kappa shape index (κ2) is 7.17. The number of aliphatic hydroxyl groups is 1. The molecule has 4 nitrogen and oxygen atoms in total. The standard InChI is InChI=1S/C20H18O4S/c1-25(24)16-8-6-14(7-9-16)20(23)18-11-13(12-19(21)22)10-15-4-2-3-5-17(15)18/h2-11,20,23H,12H2,1H3,(H,21,22). The number of carboxylic acids is 1. The van der Waals surface area contributed by atoms with Crippen LogP contribution in [-0.4, -0.2) is 26.6 Å². The third kappa shape index (κ3) is 3.78. The molecule has 5 heteroatoms. The number of hydrogen-bond donors (Lipinski definition) is 2. The molecule has 0 saturated heterocycles. The van der Waals surface area contributed by atoms with Crippen molar-refractivity contribution in [1.82, 2.24) is 0 Å². The average Bonchev–Trinajstić information content (AvgIpc) is 2.60. The van der Waals surface area contributed by atoms with Gasteiger partial charge in [0, 0.05) is 22.0 Å². The van der Waals surface area contributed by atoms with Gasteiger partial charge in [-0.3, -0.25) is 9.00 Å². The van der Waals surface area contributed by atoms with Crippen LogP contribution in [0.25, 0.3) is 10.8 Å². The average molecular weight is 354 g/mol. The molecule has 128 valence electrons. The van der Waals surface area contributed by atoms with Gasteiger partial charge in [-0.05, 0) is 39.6 Å². The van der Waals surface area contributed by atoms with Gasteiger partial charge in [0.25, 0.3) is 0 Å². The van der Waals surface area contributed by atoms with Crippen molar-refractivity contribution < 1.29 is 19.2 Å². The fraction of sp³-hybridized carbons (Fsp3) is 0.150. The zero-order valence-electron chi connectivity index (χ0n) is 13.7. The van der Waals surface area contributed by atoms with Gasteiger partial charge >= 0.3 is 5.97 Å². The summed E-state index contributed by atoms with van der Waals surface area (Å²) in [6.07, 6.45) is 0.616. The highest BCUT2D eigenvalue weighted by atomic mass is 32.2. The van der Waals surface area contributed by atoms with Crippen molar-refractivity contribution in [3.05, 3.63) is 77.4 Å². The molecule has 3 rings (SSSR count). The number of hydrogen-bond acceptors (Lipinski definition) is 3. The van der Waals surface area contributed by atoms with Gasteiger partial charge in [-0.25, -0.2) is 0 Å². The van der Waals surface area contributed by atoms with Crippen LogP contribution < -0.4 is 0 Å². The summed E-state index contributed by atoms with van der Waals surface area (Å²) in [5.74, 6) is -0.912. The number of aliphatic hydroxyl groups excluding tert-OH is 1. The van der Waals surface area contributed by atoms with Crippen molar-refractivity contribution in [1.29, 1.82) is 0 Å². The van der Waals surface area contributed by atoms with Crippen molar-refractivity contribution in [2.45, 2.75) is 17.4 Å². The van der Waals surface area contributed by atoms with Crippen LogP contribution in [-0.2, 0) is 22.0 Å². The summed E-state index contributed by atoms with van der Waals surface area (Å²) in [4.78, 5) is 11.8. The number of aliphatic carboxylic acids is 1. The number of fused-ring (bicyclic) bond motifs is 1. The molecular weight excluding hydrogens is 336 g/mol. The van der Waals surface area contributed by atoms with Crippen molar-refractivity contribution in [3.8, 4) is 0 Å². The van der Waals surface area contributed by atoms with E-state index < -0.39 is 22.9 Å². The smallest absolute Gasteiger partial charge is 0.307 e. The quantitative estimate of drug-likeness (QED) is 0.737. The first-order valence-corrected chi connectivity index (χ1v) is 9.36. The van der Waals surface area contributed by atoms with E-state index >= 15 is 0 Å². The van der Waals surface area contributed by atoms with Gasteiger partial charge in [-0.2, -0.15) is 0 Å². The normalized spacial score (nSPS) is 13.5. The van der Waals surface area contributed by atoms with E-state index in [0.717, 1.165) is 10.8 Å². The molecule has 2 atom stereocenters. The lowest BCUT2D eigenvalue weighted by molar-refractivity contribution is -0.136. The van der Waals surface area contributed by atoms with Crippen LogP contribution in [0.5, 0.6) is 0 Å². The van der Waals surface area contributed by atoms with E-state index in [-0.39, 0.29) is 6.42 Å². The molecule has 0 heterocycles. The molecule has 0 aliphatic carbocycles. The maximum atomic E-state index is 11.5. The lowest BCUT2D eigenvalue weighted by atomic mass is 9.93. The van der Waals surface area contributed by atoms with Crippen LogP contribution in [0.1, 0.15) is 22.8 Å². The molecule has 0 bridgehead atoms. The molecule has 0 aliphatic rings. The summed E-state index contributed by atoms with van der Waals surface area (Å²) >= 11 is 0. The summed E-state index contributed by atoms with van der Waals surface area (Å²) in [7, 11) is -1.07. The van der Waals surface area contributed by atoms with E-state index in [1.807, 2.05) is 30.3 Å². The molecule has 0 radical (unpaired) electrons. The molecule has 0 amide bonds. The van der Waals surface area contributed by atoms with Crippen LogP contribution in [0.3, 0.4) is 0 Å². The Bertz CT molecular complexity index is 948. The maximum Gasteiger partial charge on any atom is 0.307 e. The molecule has 0 aliphatic heterocycles. The Labute approximate surface area is 148 Å². The maximum absolute atomic E-state index is 11.5. The molecule has 3 aromatic rings. The van der Waals surface area contributed by atoms with Gasteiger partial charge in [-0.1, -0.05) is 48.5 Å². The first-order chi connectivity index (χ1) is 12.0. The topological polar surface area (TPSA) is 74.6 Å². The Kier molecular flexibility index (Phi) is 4.97. The largest absolute Gasteiger partial charge is 0.481 e.